The Balaban J connectivity index is 2.27. The van der Waals surface area contributed by atoms with Gasteiger partial charge in [-0.1, -0.05) is 0 Å². The SMILES string of the molecule is CCN(CC)C(=O)CNC(=O)C1CCCN1. The minimum atomic E-state index is -0.107. The predicted octanol–water partition coefficient (Wildman–Crippen LogP) is -0.277. The Kier molecular flexibility index (Phi) is 5.25. The maximum absolute atomic E-state index is 11.6. The summed E-state index contributed by atoms with van der Waals surface area (Å²) in [5.74, 6) is -0.0747. The summed E-state index contributed by atoms with van der Waals surface area (Å²) in [6.45, 7) is 6.24. The van der Waals surface area contributed by atoms with Gasteiger partial charge in [0.15, 0.2) is 0 Å². The summed E-state index contributed by atoms with van der Waals surface area (Å²) in [5.41, 5.74) is 0. The molecule has 16 heavy (non-hydrogen) atoms. The van der Waals surface area contributed by atoms with E-state index >= 15 is 0 Å². The molecule has 1 aliphatic rings. The van der Waals surface area contributed by atoms with E-state index in [2.05, 4.69) is 10.6 Å². The van der Waals surface area contributed by atoms with Gasteiger partial charge in [0.25, 0.3) is 0 Å². The summed E-state index contributed by atoms with van der Waals surface area (Å²) < 4.78 is 0. The second-order valence-electron chi connectivity index (χ2n) is 3.93. The molecule has 92 valence electrons. The van der Waals surface area contributed by atoms with Crippen molar-refractivity contribution in [3.8, 4) is 0 Å². The zero-order valence-electron chi connectivity index (χ0n) is 10.1. The van der Waals surface area contributed by atoms with E-state index in [0.29, 0.717) is 13.1 Å². The molecule has 1 atom stereocenters. The fourth-order valence-electron chi connectivity index (χ4n) is 1.88. The molecule has 0 aromatic heterocycles. The summed E-state index contributed by atoms with van der Waals surface area (Å²) in [7, 11) is 0. The van der Waals surface area contributed by atoms with Crippen molar-refractivity contribution in [3.05, 3.63) is 0 Å². The van der Waals surface area contributed by atoms with E-state index in [1.165, 1.54) is 0 Å². The Morgan fingerprint density at radius 3 is 2.56 bits per heavy atom. The molecule has 0 saturated carbocycles. The van der Waals surface area contributed by atoms with Crippen LogP contribution in [0.25, 0.3) is 0 Å². The second kappa shape index (κ2) is 6.48. The van der Waals surface area contributed by atoms with Gasteiger partial charge in [0.05, 0.1) is 12.6 Å². The molecule has 0 aliphatic carbocycles. The van der Waals surface area contributed by atoms with E-state index in [4.69, 9.17) is 0 Å². The largest absolute Gasteiger partial charge is 0.346 e. The van der Waals surface area contributed by atoms with Crippen LogP contribution < -0.4 is 10.6 Å². The van der Waals surface area contributed by atoms with Gasteiger partial charge in [0, 0.05) is 13.1 Å². The van der Waals surface area contributed by atoms with Gasteiger partial charge in [-0.25, -0.2) is 0 Å². The molecule has 2 amide bonds. The average molecular weight is 227 g/mol. The first-order valence-corrected chi connectivity index (χ1v) is 5.97. The molecule has 1 aliphatic heterocycles. The molecule has 1 heterocycles. The van der Waals surface area contributed by atoms with Crippen molar-refractivity contribution in [1.29, 1.82) is 0 Å². The number of nitrogens with one attached hydrogen (secondary N) is 2. The molecule has 0 spiro atoms. The summed E-state index contributed by atoms with van der Waals surface area (Å²) in [6, 6.07) is -0.107. The molecule has 0 radical (unpaired) electrons. The Hall–Kier alpha value is -1.10. The number of carbonyl (C=O) groups is 2. The molecule has 1 rings (SSSR count). The van der Waals surface area contributed by atoms with Crippen LogP contribution >= 0.6 is 0 Å². The van der Waals surface area contributed by atoms with Crippen LogP contribution in [0.4, 0.5) is 0 Å². The van der Waals surface area contributed by atoms with E-state index in [9.17, 15) is 9.59 Å². The standard InChI is InChI=1S/C11H21N3O2/c1-3-14(4-2)10(15)8-13-11(16)9-6-5-7-12-9/h9,12H,3-8H2,1-2H3,(H,13,16). The number of carbonyl (C=O) groups excluding carboxylic acids is 2. The average Bonchev–Trinajstić information content (AvgIpc) is 2.81. The summed E-state index contributed by atoms with van der Waals surface area (Å²) >= 11 is 0. The minimum Gasteiger partial charge on any atom is -0.346 e. The molecule has 0 aromatic rings. The highest BCUT2D eigenvalue weighted by atomic mass is 16.2. The van der Waals surface area contributed by atoms with Crippen LogP contribution in [-0.4, -0.2) is 48.9 Å². The van der Waals surface area contributed by atoms with Gasteiger partial charge in [-0.05, 0) is 33.2 Å². The van der Waals surface area contributed by atoms with Gasteiger partial charge >= 0.3 is 0 Å². The second-order valence-corrected chi connectivity index (χ2v) is 3.93. The smallest absolute Gasteiger partial charge is 0.241 e. The van der Waals surface area contributed by atoms with Gasteiger partial charge in [-0.15, -0.1) is 0 Å². The van der Waals surface area contributed by atoms with Crippen LogP contribution in [0.2, 0.25) is 0 Å². The lowest BCUT2D eigenvalue weighted by atomic mass is 10.2. The Morgan fingerprint density at radius 2 is 2.06 bits per heavy atom. The maximum atomic E-state index is 11.6. The van der Waals surface area contributed by atoms with Crippen molar-refractivity contribution in [1.82, 2.24) is 15.5 Å². The Labute approximate surface area is 96.6 Å². The van der Waals surface area contributed by atoms with E-state index in [1.54, 1.807) is 4.90 Å². The lowest BCUT2D eigenvalue weighted by Gasteiger charge is -2.19. The molecule has 5 nitrogen and oxygen atoms in total. The Morgan fingerprint density at radius 1 is 1.38 bits per heavy atom. The number of hydrogen-bond donors (Lipinski definition) is 2. The lowest BCUT2D eigenvalue weighted by Crippen LogP contribution is -2.45. The quantitative estimate of drug-likeness (QED) is 0.679. The van der Waals surface area contributed by atoms with E-state index < -0.39 is 0 Å². The topological polar surface area (TPSA) is 61.4 Å². The van der Waals surface area contributed by atoms with Crippen molar-refractivity contribution in [2.45, 2.75) is 32.7 Å². The highest BCUT2D eigenvalue weighted by molar-refractivity contribution is 5.87. The fraction of sp³-hybridized carbons (Fsp3) is 0.818. The van der Waals surface area contributed by atoms with Gasteiger partial charge < -0.3 is 15.5 Å². The van der Waals surface area contributed by atoms with Crippen molar-refractivity contribution in [2.75, 3.05) is 26.2 Å². The molecule has 0 bridgehead atoms. The number of likely N-dealkylation sites (N-methyl/N-ethyl adjacent to an activating group) is 1. The highest BCUT2D eigenvalue weighted by Gasteiger charge is 2.22. The number of rotatable bonds is 5. The van der Waals surface area contributed by atoms with Crippen molar-refractivity contribution in [3.63, 3.8) is 0 Å². The monoisotopic (exact) mass is 227 g/mol. The zero-order valence-corrected chi connectivity index (χ0v) is 10.1. The highest BCUT2D eigenvalue weighted by Crippen LogP contribution is 2.04. The normalized spacial score (nSPS) is 19.5. The third-order valence-electron chi connectivity index (χ3n) is 2.91. The third-order valence-corrected chi connectivity index (χ3v) is 2.91. The van der Waals surface area contributed by atoms with Gasteiger partial charge in [-0.3, -0.25) is 9.59 Å². The zero-order chi connectivity index (χ0) is 12.0. The first-order valence-electron chi connectivity index (χ1n) is 5.97. The van der Waals surface area contributed by atoms with Crippen molar-refractivity contribution in [2.24, 2.45) is 0 Å². The first kappa shape index (κ1) is 13.0. The first-order chi connectivity index (χ1) is 7.69. The van der Waals surface area contributed by atoms with E-state index in [-0.39, 0.29) is 24.4 Å². The number of amides is 2. The predicted molar refractivity (Wildman–Crippen MR) is 62.0 cm³/mol. The number of hydrogen-bond acceptors (Lipinski definition) is 3. The number of nitrogens with zero attached hydrogens (tertiary/aromatic N) is 1. The molecular weight excluding hydrogens is 206 g/mol. The maximum Gasteiger partial charge on any atom is 0.241 e. The molecular formula is C11H21N3O2. The summed E-state index contributed by atoms with van der Waals surface area (Å²) in [6.07, 6.45) is 1.90. The molecule has 1 unspecified atom stereocenters. The van der Waals surface area contributed by atoms with Crippen LogP contribution in [0.15, 0.2) is 0 Å². The lowest BCUT2D eigenvalue weighted by molar-refractivity contribution is -0.133. The summed E-state index contributed by atoms with van der Waals surface area (Å²) in [5, 5.41) is 5.78. The molecule has 2 N–H and O–H groups in total. The summed E-state index contributed by atoms with van der Waals surface area (Å²) in [4.78, 5) is 24.9. The van der Waals surface area contributed by atoms with Crippen LogP contribution in [0.5, 0.6) is 0 Å². The Bertz CT molecular complexity index is 232. The van der Waals surface area contributed by atoms with Gasteiger partial charge in [0.1, 0.15) is 0 Å². The van der Waals surface area contributed by atoms with E-state index in [1.807, 2.05) is 13.8 Å². The van der Waals surface area contributed by atoms with Gasteiger partial charge in [-0.2, -0.15) is 0 Å². The van der Waals surface area contributed by atoms with Crippen LogP contribution in [0.3, 0.4) is 0 Å². The molecule has 1 fully saturated rings. The fourth-order valence-corrected chi connectivity index (χ4v) is 1.88. The van der Waals surface area contributed by atoms with Crippen molar-refractivity contribution >= 4 is 11.8 Å². The molecule has 0 aromatic carbocycles. The minimum absolute atomic E-state index is 0.0173. The van der Waals surface area contributed by atoms with Crippen LogP contribution in [0.1, 0.15) is 26.7 Å². The van der Waals surface area contributed by atoms with Crippen molar-refractivity contribution < 1.29 is 9.59 Å². The van der Waals surface area contributed by atoms with Gasteiger partial charge in [0.2, 0.25) is 11.8 Å². The van der Waals surface area contributed by atoms with Crippen LogP contribution in [-0.2, 0) is 9.59 Å². The molecule has 1 saturated heterocycles. The third kappa shape index (κ3) is 3.48. The molecule has 5 heteroatoms. The van der Waals surface area contributed by atoms with Crippen LogP contribution in [0, 0.1) is 0 Å². The van der Waals surface area contributed by atoms with E-state index in [0.717, 1.165) is 19.4 Å².